The zero-order chi connectivity index (χ0) is 21.2. The van der Waals surface area contributed by atoms with Crippen LogP contribution in [-0.2, 0) is 10.0 Å². The molecule has 5 nitrogen and oxygen atoms in total. The fourth-order valence-corrected chi connectivity index (χ4v) is 4.33. The van der Waals surface area contributed by atoms with Gasteiger partial charge in [-0.15, -0.1) is 0 Å². The molecule has 0 aliphatic carbocycles. The van der Waals surface area contributed by atoms with Gasteiger partial charge in [-0.1, -0.05) is 47.5 Å². The number of anilines is 2. The Labute approximate surface area is 176 Å². The Morgan fingerprint density at radius 1 is 0.966 bits per heavy atom. The molecule has 0 atom stereocenters. The van der Waals surface area contributed by atoms with E-state index >= 15 is 0 Å². The van der Waals surface area contributed by atoms with Crippen LogP contribution in [0, 0.1) is 13.8 Å². The molecule has 0 aliphatic rings. The van der Waals surface area contributed by atoms with Crippen molar-refractivity contribution >= 4 is 38.9 Å². The van der Waals surface area contributed by atoms with Gasteiger partial charge in [-0.2, -0.15) is 0 Å². The number of rotatable bonds is 5. The van der Waals surface area contributed by atoms with Crippen LogP contribution in [-0.4, -0.2) is 21.4 Å². The Hall–Kier alpha value is -2.83. The van der Waals surface area contributed by atoms with Gasteiger partial charge in [-0.05, 0) is 55.8 Å². The SMILES string of the molecule is Cc1ccc(NC(=O)c2cc(N(C)S(=O)(=O)c3ccccc3)ccc2Cl)c(C)c1. The van der Waals surface area contributed by atoms with Crippen LogP contribution in [0.5, 0.6) is 0 Å². The Balaban J connectivity index is 1.92. The molecule has 7 heteroatoms. The maximum atomic E-state index is 12.9. The van der Waals surface area contributed by atoms with E-state index in [4.69, 9.17) is 11.6 Å². The van der Waals surface area contributed by atoms with E-state index in [0.717, 1.165) is 15.4 Å². The molecule has 150 valence electrons. The monoisotopic (exact) mass is 428 g/mol. The zero-order valence-electron chi connectivity index (χ0n) is 16.3. The molecule has 1 N–H and O–H groups in total. The summed E-state index contributed by atoms with van der Waals surface area (Å²) in [5.74, 6) is -0.408. The first kappa shape index (κ1) is 20.9. The molecule has 3 aromatic carbocycles. The second-order valence-electron chi connectivity index (χ2n) is 6.72. The third-order valence-electron chi connectivity index (χ3n) is 4.59. The highest BCUT2D eigenvalue weighted by Gasteiger charge is 2.22. The minimum Gasteiger partial charge on any atom is -0.322 e. The average molecular weight is 429 g/mol. The molecule has 0 unspecified atom stereocenters. The lowest BCUT2D eigenvalue weighted by atomic mass is 10.1. The lowest BCUT2D eigenvalue weighted by molar-refractivity contribution is 0.102. The Bertz CT molecular complexity index is 1160. The predicted octanol–water partition coefficient (Wildman–Crippen LogP) is 5.03. The van der Waals surface area contributed by atoms with Gasteiger partial charge in [0.1, 0.15) is 0 Å². The van der Waals surface area contributed by atoms with Crippen LogP contribution in [0.3, 0.4) is 0 Å². The number of benzene rings is 3. The lowest BCUT2D eigenvalue weighted by Crippen LogP contribution is -2.27. The summed E-state index contributed by atoms with van der Waals surface area (Å²) < 4.78 is 26.8. The number of halogens is 1. The summed E-state index contributed by atoms with van der Waals surface area (Å²) in [5, 5.41) is 3.08. The number of aryl methyl sites for hydroxylation is 2. The van der Waals surface area contributed by atoms with Gasteiger partial charge in [0.15, 0.2) is 0 Å². The van der Waals surface area contributed by atoms with E-state index in [0.29, 0.717) is 11.4 Å². The summed E-state index contributed by atoms with van der Waals surface area (Å²) in [5.41, 5.74) is 3.22. The summed E-state index contributed by atoms with van der Waals surface area (Å²) >= 11 is 6.23. The van der Waals surface area contributed by atoms with Crippen LogP contribution in [0.2, 0.25) is 5.02 Å². The van der Waals surface area contributed by atoms with E-state index in [-0.39, 0.29) is 15.5 Å². The Morgan fingerprint density at radius 3 is 2.31 bits per heavy atom. The van der Waals surface area contributed by atoms with Crippen LogP contribution >= 0.6 is 11.6 Å². The molecule has 1 amide bonds. The van der Waals surface area contributed by atoms with Gasteiger partial charge in [0.2, 0.25) is 0 Å². The average Bonchev–Trinajstić information content (AvgIpc) is 2.70. The van der Waals surface area contributed by atoms with Gasteiger partial charge in [-0.3, -0.25) is 9.10 Å². The minimum absolute atomic E-state index is 0.165. The first-order valence-electron chi connectivity index (χ1n) is 8.92. The standard InChI is InChI=1S/C22H21ClN2O3S/c1-15-9-12-21(16(2)13-15)24-22(26)19-14-17(10-11-20(19)23)25(3)29(27,28)18-7-5-4-6-8-18/h4-14H,1-3H3,(H,24,26). The van der Waals surface area contributed by atoms with Crippen molar-refractivity contribution in [1.29, 1.82) is 0 Å². The predicted molar refractivity (Wildman–Crippen MR) is 117 cm³/mol. The number of carbonyl (C=O) groups is 1. The number of carbonyl (C=O) groups excluding carboxylic acids is 1. The van der Waals surface area contributed by atoms with Crippen LogP contribution in [0.4, 0.5) is 11.4 Å². The quantitative estimate of drug-likeness (QED) is 0.619. The summed E-state index contributed by atoms with van der Waals surface area (Å²) in [6.45, 7) is 3.88. The van der Waals surface area contributed by atoms with Gasteiger partial charge in [0.25, 0.3) is 15.9 Å². The summed E-state index contributed by atoms with van der Waals surface area (Å²) in [6.07, 6.45) is 0. The van der Waals surface area contributed by atoms with Crippen molar-refractivity contribution in [2.45, 2.75) is 18.7 Å². The van der Waals surface area contributed by atoms with Crippen LogP contribution in [0.25, 0.3) is 0 Å². The van der Waals surface area contributed by atoms with Gasteiger partial charge in [-0.25, -0.2) is 8.42 Å². The van der Waals surface area contributed by atoms with E-state index < -0.39 is 15.9 Å². The van der Waals surface area contributed by atoms with Gasteiger partial charge in [0.05, 0.1) is 21.2 Å². The number of sulfonamides is 1. The van der Waals surface area contributed by atoms with Crippen molar-refractivity contribution in [1.82, 2.24) is 0 Å². The van der Waals surface area contributed by atoms with Gasteiger partial charge in [0, 0.05) is 12.7 Å². The van der Waals surface area contributed by atoms with Crippen molar-refractivity contribution < 1.29 is 13.2 Å². The fraction of sp³-hybridized carbons (Fsp3) is 0.136. The van der Waals surface area contributed by atoms with E-state index in [2.05, 4.69) is 5.32 Å². The lowest BCUT2D eigenvalue weighted by Gasteiger charge is -2.20. The molecule has 0 aliphatic heterocycles. The highest BCUT2D eigenvalue weighted by atomic mass is 35.5. The zero-order valence-corrected chi connectivity index (χ0v) is 17.9. The molecule has 29 heavy (non-hydrogen) atoms. The molecule has 0 heterocycles. The topological polar surface area (TPSA) is 66.5 Å². The van der Waals surface area contributed by atoms with E-state index in [9.17, 15) is 13.2 Å². The van der Waals surface area contributed by atoms with Crippen LogP contribution < -0.4 is 9.62 Å². The molecule has 0 saturated carbocycles. The van der Waals surface area contributed by atoms with Gasteiger partial charge >= 0.3 is 0 Å². The normalized spacial score (nSPS) is 11.2. The molecule has 0 spiro atoms. The molecular weight excluding hydrogens is 408 g/mol. The summed E-state index contributed by atoms with van der Waals surface area (Å²) in [7, 11) is -2.32. The number of hydrogen-bond acceptors (Lipinski definition) is 3. The van der Waals surface area contributed by atoms with Crippen molar-refractivity contribution in [3.63, 3.8) is 0 Å². The number of amides is 1. The fourth-order valence-electron chi connectivity index (χ4n) is 2.92. The Kier molecular flexibility index (Phi) is 5.96. The smallest absolute Gasteiger partial charge is 0.264 e. The molecule has 0 fully saturated rings. The van der Waals surface area contributed by atoms with Crippen LogP contribution in [0.1, 0.15) is 21.5 Å². The van der Waals surface area contributed by atoms with Crippen molar-refractivity contribution in [3.05, 3.63) is 88.4 Å². The third-order valence-corrected chi connectivity index (χ3v) is 6.72. The van der Waals surface area contributed by atoms with Gasteiger partial charge < -0.3 is 5.32 Å². The summed E-state index contributed by atoms with van der Waals surface area (Å²) in [4.78, 5) is 13.0. The maximum absolute atomic E-state index is 12.9. The number of hydrogen-bond donors (Lipinski definition) is 1. The van der Waals surface area contributed by atoms with E-state index in [1.165, 1.54) is 31.3 Å². The molecule has 0 radical (unpaired) electrons. The summed E-state index contributed by atoms with van der Waals surface area (Å²) in [6, 6.07) is 18.4. The largest absolute Gasteiger partial charge is 0.322 e. The van der Waals surface area contributed by atoms with Crippen molar-refractivity contribution in [2.24, 2.45) is 0 Å². The third kappa shape index (κ3) is 4.44. The number of nitrogens with zero attached hydrogens (tertiary/aromatic N) is 1. The molecule has 0 saturated heterocycles. The molecule has 3 rings (SSSR count). The Morgan fingerprint density at radius 2 is 1.66 bits per heavy atom. The molecule has 3 aromatic rings. The van der Waals surface area contributed by atoms with Crippen LogP contribution in [0.15, 0.2) is 71.6 Å². The maximum Gasteiger partial charge on any atom is 0.264 e. The molecule has 0 aromatic heterocycles. The molecule has 0 bridgehead atoms. The minimum atomic E-state index is -3.76. The number of nitrogens with one attached hydrogen (secondary N) is 1. The van der Waals surface area contributed by atoms with Crippen molar-refractivity contribution in [3.8, 4) is 0 Å². The van der Waals surface area contributed by atoms with E-state index in [1.807, 2.05) is 32.0 Å². The second-order valence-corrected chi connectivity index (χ2v) is 9.10. The highest BCUT2D eigenvalue weighted by molar-refractivity contribution is 7.92. The highest BCUT2D eigenvalue weighted by Crippen LogP contribution is 2.28. The first-order chi connectivity index (χ1) is 13.7. The second kappa shape index (κ2) is 8.27. The first-order valence-corrected chi connectivity index (χ1v) is 10.7. The molecular formula is C22H21ClN2O3S. The van der Waals surface area contributed by atoms with E-state index in [1.54, 1.807) is 24.3 Å². The van der Waals surface area contributed by atoms with Crippen molar-refractivity contribution in [2.75, 3.05) is 16.7 Å².